The van der Waals surface area contributed by atoms with E-state index >= 15 is 0 Å². The molecule has 1 aliphatic rings. The highest BCUT2D eigenvalue weighted by Gasteiger charge is 2.23. The number of amides is 1. The van der Waals surface area contributed by atoms with E-state index < -0.39 is 0 Å². The smallest absolute Gasteiger partial charge is 0.223 e. The highest BCUT2D eigenvalue weighted by molar-refractivity contribution is 5.77. The minimum atomic E-state index is -0.379. The zero-order chi connectivity index (χ0) is 17.3. The first kappa shape index (κ1) is 16.5. The van der Waals surface area contributed by atoms with Crippen molar-refractivity contribution in [2.75, 3.05) is 13.7 Å². The molecular weight excluding hydrogens is 309 g/mol. The van der Waals surface area contributed by atoms with Crippen LogP contribution >= 0.6 is 0 Å². The Morgan fingerprint density at radius 3 is 2.83 bits per heavy atom. The first-order valence-electron chi connectivity index (χ1n) is 8.13. The molecule has 0 unspecified atom stereocenters. The zero-order valence-corrected chi connectivity index (χ0v) is 14.3. The van der Waals surface area contributed by atoms with Crippen molar-refractivity contribution < 1.29 is 13.9 Å². The van der Waals surface area contributed by atoms with Crippen LogP contribution in [0.3, 0.4) is 0 Å². The van der Waals surface area contributed by atoms with Crippen molar-refractivity contribution in [2.24, 2.45) is 0 Å². The minimum absolute atomic E-state index is 0.0943. The Labute approximate surface area is 140 Å². The summed E-state index contributed by atoms with van der Waals surface area (Å²) in [5.74, 6) is -0.0218. The van der Waals surface area contributed by atoms with E-state index in [4.69, 9.17) is 4.74 Å². The summed E-state index contributed by atoms with van der Waals surface area (Å²) < 4.78 is 18.9. The van der Waals surface area contributed by atoms with Crippen molar-refractivity contribution in [1.82, 2.24) is 15.1 Å². The number of hydrogen-bond acceptors (Lipinski definition) is 3. The van der Waals surface area contributed by atoms with Gasteiger partial charge in [-0.1, -0.05) is 0 Å². The van der Waals surface area contributed by atoms with Crippen molar-refractivity contribution in [1.29, 1.82) is 0 Å². The van der Waals surface area contributed by atoms with Crippen LogP contribution in [0.15, 0.2) is 12.1 Å². The molecule has 0 radical (unpaired) electrons. The van der Waals surface area contributed by atoms with Gasteiger partial charge in [0.1, 0.15) is 0 Å². The van der Waals surface area contributed by atoms with Gasteiger partial charge < -0.3 is 9.64 Å². The summed E-state index contributed by atoms with van der Waals surface area (Å²) in [7, 11) is 1.46. The van der Waals surface area contributed by atoms with E-state index in [1.807, 2.05) is 13.8 Å². The molecule has 128 valence electrons. The molecule has 0 spiro atoms. The Kier molecular flexibility index (Phi) is 4.55. The number of aromatic nitrogens is 2. The molecule has 1 aromatic heterocycles. The lowest BCUT2D eigenvalue weighted by Crippen LogP contribution is -2.36. The summed E-state index contributed by atoms with van der Waals surface area (Å²) in [6, 6.07) is 3.22. The van der Waals surface area contributed by atoms with E-state index in [9.17, 15) is 9.18 Å². The quantitative estimate of drug-likeness (QED) is 0.937. The molecular formula is C18H22FN3O2. The standard InChI is InChI=1S/C18H22FN3O2/c1-11-15(12(2)21-20-11)4-5-18(23)22-7-6-13-9-17(24-3)16(19)8-14(13)10-22/h8-9H,4-7,10H2,1-3H3,(H,20,21). The number of aromatic amines is 1. The van der Waals surface area contributed by atoms with Crippen molar-refractivity contribution in [2.45, 2.75) is 39.7 Å². The summed E-state index contributed by atoms with van der Waals surface area (Å²) in [5.41, 5.74) is 4.98. The fourth-order valence-corrected chi connectivity index (χ4v) is 3.26. The lowest BCUT2D eigenvalue weighted by atomic mass is 9.98. The number of benzene rings is 1. The largest absolute Gasteiger partial charge is 0.494 e. The maximum Gasteiger partial charge on any atom is 0.223 e. The van der Waals surface area contributed by atoms with Gasteiger partial charge in [0.15, 0.2) is 11.6 Å². The van der Waals surface area contributed by atoms with Gasteiger partial charge in [-0.05, 0) is 55.5 Å². The molecule has 3 rings (SSSR count). The van der Waals surface area contributed by atoms with Gasteiger partial charge in [0, 0.05) is 25.2 Å². The third-order valence-electron chi connectivity index (χ3n) is 4.71. The number of fused-ring (bicyclic) bond motifs is 1. The summed E-state index contributed by atoms with van der Waals surface area (Å²) >= 11 is 0. The van der Waals surface area contributed by atoms with Crippen LogP contribution < -0.4 is 4.74 Å². The van der Waals surface area contributed by atoms with Crippen molar-refractivity contribution in [3.63, 3.8) is 0 Å². The molecule has 1 amide bonds. The second kappa shape index (κ2) is 6.63. The van der Waals surface area contributed by atoms with E-state index in [1.54, 1.807) is 11.0 Å². The molecule has 2 aromatic rings. The number of H-pyrrole nitrogens is 1. The number of carbonyl (C=O) groups is 1. The lowest BCUT2D eigenvalue weighted by Gasteiger charge is -2.29. The van der Waals surface area contributed by atoms with Gasteiger partial charge >= 0.3 is 0 Å². The number of hydrogen-bond donors (Lipinski definition) is 1. The third kappa shape index (κ3) is 3.13. The number of methoxy groups -OCH3 is 1. The lowest BCUT2D eigenvalue weighted by molar-refractivity contribution is -0.132. The Morgan fingerprint density at radius 1 is 1.38 bits per heavy atom. The number of halogens is 1. The first-order valence-corrected chi connectivity index (χ1v) is 8.13. The van der Waals surface area contributed by atoms with Crippen LogP contribution in [-0.4, -0.2) is 34.7 Å². The maximum atomic E-state index is 13.9. The molecule has 0 atom stereocenters. The molecule has 1 aromatic carbocycles. The van der Waals surface area contributed by atoms with Crippen LogP contribution in [0.1, 0.15) is 34.5 Å². The molecule has 5 nitrogen and oxygen atoms in total. The number of nitrogens with zero attached hydrogens (tertiary/aromatic N) is 2. The third-order valence-corrected chi connectivity index (χ3v) is 4.71. The number of carbonyl (C=O) groups excluding carboxylic acids is 1. The number of aryl methyl sites for hydroxylation is 2. The molecule has 24 heavy (non-hydrogen) atoms. The molecule has 0 bridgehead atoms. The first-order chi connectivity index (χ1) is 11.5. The zero-order valence-electron chi connectivity index (χ0n) is 14.3. The second-order valence-electron chi connectivity index (χ2n) is 6.23. The van der Waals surface area contributed by atoms with E-state index in [0.717, 1.165) is 34.5 Å². The van der Waals surface area contributed by atoms with Crippen LogP contribution in [-0.2, 0) is 24.2 Å². The van der Waals surface area contributed by atoms with Gasteiger partial charge in [0.05, 0.1) is 12.8 Å². The molecule has 1 aliphatic heterocycles. The van der Waals surface area contributed by atoms with Gasteiger partial charge in [0.2, 0.25) is 5.91 Å². The molecule has 2 heterocycles. The maximum absolute atomic E-state index is 13.9. The summed E-state index contributed by atoms with van der Waals surface area (Å²) in [5, 5.41) is 7.10. The van der Waals surface area contributed by atoms with E-state index in [1.165, 1.54) is 13.2 Å². The Hall–Kier alpha value is -2.37. The topological polar surface area (TPSA) is 58.2 Å². The highest BCUT2D eigenvalue weighted by atomic mass is 19.1. The Morgan fingerprint density at radius 2 is 2.17 bits per heavy atom. The monoisotopic (exact) mass is 331 g/mol. The van der Waals surface area contributed by atoms with E-state index in [2.05, 4.69) is 10.2 Å². The van der Waals surface area contributed by atoms with Crippen molar-refractivity contribution in [3.05, 3.63) is 46.0 Å². The van der Waals surface area contributed by atoms with Gasteiger partial charge in [-0.15, -0.1) is 0 Å². The minimum Gasteiger partial charge on any atom is -0.494 e. The van der Waals surface area contributed by atoms with Crippen molar-refractivity contribution >= 4 is 5.91 Å². The summed E-state index contributed by atoms with van der Waals surface area (Å²) in [6.45, 7) is 5.02. The molecule has 6 heteroatoms. The summed E-state index contributed by atoms with van der Waals surface area (Å²) in [6.07, 6.45) is 1.84. The SMILES string of the molecule is COc1cc2c(cc1F)CN(C(=O)CCc1c(C)n[nH]c1C)CC2. The van der Waals surface area contributed by atoms with Crippen LogP contribution in [0.4, 0.5) is 4.39 Å². The average molecular weight is 331 g/mol. The highest BCUT2D eigenvalue weighted by Crippen LogP contribution is 2.27. The average Bonchev–Trinajstić information content (AvgIpc) is 2.89. The number of rotatable bonds is 4. The molecule has 1 N–H and O–H groups in total. The van der Waals surface area contributed by atoms with Crippen LogP contribution in [0.5, 0.6) is 5.75 Å². The molecule has 0 fully saturated rings. The normalized spacial score (nSPS) is 13.8. The van der Waals surface area contributed by atoms with Crippen LogP contribution in [0.2, 0.25) is 0 Å². The fourth-order valence-electron chi connectivity index (χ4n) is 3.26. The van der Waals surface area contributed by atoms with Gasteiger partial charge in [-0.3, -0.25) is 9.89 Å². The Balaban J connectivity index is 1.66. The van der Waals surface area contributed by atoms with E-state index in [-0.39, 0.29) is 17.5 Å². The fraction of sp³-hybridized carbons (Fsp3) is 0.444. The van der Waals surface area contributed by atoms with Gasteiger partial charge in [-0.2, -0.15) is 5.10 Å². The predicted molar refractivity (Wildman–Crippen MR) is 88.5 cm³/mol. The summed E-state index contributed by atoms with van der Waals surface area (Å²) in [4.78, 5) is 14.3. The van der Waals surface area contributed by atoms with E-state index in [0.29, 0.717) is 25.9 Å². The van der Waals surface area contributed by atoms with Gasteiger partial charge in [0.25, 0.3) is 0 Å². The molecule has 0 saturated carbocycles. The number of ether oxygens (including phenoxy) is 1. The molecule has 0 saturated heterocycles. The van der Waals surface area contributed by atoms with Gasteiger partial charge in [-0.25, -0.2) is 4.39 Å². The molecule has 0 aliphatic carbocycles. The Bertz CT molecular complexity index is 750. The number of nitrogens with one attached hydrogen (secondary N) is 1. The second-order valence-corrected chi connectivity index (χ2v) is 6.23. The van der Waals surface area contributed by atoms with Crippen molar-refractivity contribution in [3.8, 4) is 5.75 Å². The van der Waals surface area contributed by atoms with Crippen LogP contribution in [0, 0.1) is 19.7 Å². The van der Waals surface area contributed by atoms with Crippen LogP contribution in [0.25, 0.3) is 0 Å². The predicted octanol–water partition coefficient (Wildman–Crippen LogP) is 2.69.